The standard InChI is InChI=1S/C32H54O2/c1-21(2)22-12-17-32(20-33-8)19-18-30(6)23(27(22)32)10-11-25-29(5)15-14-26(34-9)28(3,4)24(29)13-16-31(25,30)7/h22-27H,1,10-20H2,2-9H3/t22-,23?,24?,25?,26?,27?,29-,30+,31+,32+/m0/s1. The van der Waals surface area contributed by atoms with E-state index in [0.717, 1.165) is 30.3 Å². The summed E-state index contributed by atoms with van der Waals surface area (Å²) in [5.74, 6) is 3.92. The van der Waals surface area contributed by atoms with E-state index in [2.05, 4.69) is 48.1 Å². The van der Waals surface area contributed by atoms with Crippen LogP contribution < -0.4 is 0 Å². The molecule has 0 bridgehead atoms. The Morgan fingerprint density at radius 1 is 0.794 bits per heavy atom. The van der Waals surface area contributed by atoms with Crippen molar-refractivity contribution in [2.45, 2.75) is 112 Å². The van der Waals surface area contributed by atoms with Crippen molar-refractivity contribution in [2.75, 3.05) is 20.8 Å². The molecule has 0 aromatic rings. The maximum atomic E-state index is 6.06. The van der Waals surface area contributed by atoms with E-state index in [9.17, 15) is 0 Å². The molecule has 0 N–H and O–H groups in total. The Balaban J connectivity index is 1.53. The summed E-state index contributed by atoms with van der Waals surface area (Å²) in [4.78, 5) is 0. The first-order valence-corrected chi connectivity index (χ1v) is 14.6. The van der Waals surface area contributed by atoms with Crippen LogP contribution in [0.1, 0.15) is 106 Å². The molecule has 0 heterocycles. The summed E-state index contributed by atoms with van der Waals surface area (Å²) in [5, 5.41) is 0. The Morgan fingerprint density at radius 2 is 1.53 bits per heavy atom. The average Bonchev–Trinajstić information content (AvgIpc) is 3.14. The Bertz CT molecular complexity index is 816. The van der Waals surface area contributed by atoms with Crippen LogP contribution in [0.2, 0.25) is 0 Å². The van der Waals surface area contributed by atoms with Gasteiger partial charge in [0.2, 0.25) is 0 Å². The first-order chi connectivity index (χ1) is 15.9. The van der Waals surface area contributed by atoms with E-state index in [4.69, 9.17) is 9.47 Å². The second kappa shape index (κ2) is 8.08. The number of allylic oxidation sites excluding steroid dienone is 1. The topological polar surface area (TPSA) is 18.5 Å². The molecule has 5 rings (SSSR count). The fraction of sp³-hybridized carbons (Fsp3) is 0.938. The van der Waals surface area contributed by atoms with Crippen molar-refractivity contribution in [2.24, 2.45) is 56.7 Å². The molecule has 0 aromatic carbocycles. The lowest BCUT2D eigenvalue weighted by atomic mass is 9.32. The van der Waals surface area contributed by atoms with Gasteiger partial charge in [0.15, 0.2) is 0 Å². The molecule has 5 aliphatic rings. The second-order valence-electron chi connectivity index (χ2n) is 15.1. The van der Waals surface area contributed by atoms with Crippen LogP contribution in [-0.2, 0) is 9.47 Å². The molecular weight excluding hydrogens is 416 g/mol. The molecule has 2 heteroatoms. The summed E-state index contributed by atoms with van der Waals surface area (Å²) in [6.07, 6.45) is 14.1. The van der Waals surface area contributed by atoms with Gasteiger partial charge in [0.25, 0.3) is 0 Å². The zero-order valence-corrected chi connectivity index (χ0v) is 23.8. The fourth-order valence-electron chi connectivity index (χ4n) is 12.2. The molecular formula is C32H54O2. The summed E-state index contributed by atoms with van der Waals surface area (Å²) in [7, 11) is 3.88. The summed E-state index contributed by atoms with van der Waals surface area (Å²) in [6.45, 7) is 21.1. The van der Waals surface area contributed by atoms with Crippen molar-refractivity contribution in [1.82, 2.24) is 0 Å². The van der Waals surface area contributed by atoms with Crippen LogP contribution in [-0.4, -0.2) is 26.9 Å². The van der Waals surface area contributed by atoms with Gasteiger partial charge in [0.05, 0.1) is 12.7 Å². The second-order valence-corrected chi connectivity index (χ2v) is 15.1. The van der Waals surface area contributed by atoms with Crippen LogP contribution in [0.15, 0.2) is 12.2 Å². The minimum atomic E-state index is 0.275. The number of hydrogen-bond acceptors (Lipinski definition) is 2. The highest BCUT2D eigenvalue weighted by Gasteiger charge is 2.70. The van der Waals surface area contributed by atoms with E-state index in [1.165, 1.54) is 69.8 Å². The molecule has 5 fully saturated rings. The van der Waals surface area contributed by atoms with E-state index in [1.807, 2.05) is 14.2 Å². The van der Waals surface area contributed by atoms with Crippen molar-refractivity contribution in [3.05, 3.63) is 12.2 Å². The van der Waals surface area contributed by atoms with Crippen LogP contribution in [0.5, 0.6) is 0 Å². The number of ether oxygens (including phenoxy) is 2. The quantitative estimate of drug-likeness (QED) is 0.385. The van der Waals surface area contributed by atoms with Crippen molar-refractivity contribution >= 4 is 0 Å². The molecule has 5 unspecified atom stereocenters. The van der Waals surface area contributed by atoms with E-state index in [0.29, 0.717) is 33.7 Å². The Kier molecular flexibility index (Phi) is 6.01. The van der Waals surface area contributed by atoms with Gasteiger partial charge in [-0.3, -0.25) is 0 Å². The zero-order valence-electron chi connectivity index (χ0n) is 23.8. The van der Waals surface area contributed by atoms with Crippen molar-refractivity contribution in [3.63, 3.8) is 0 Å². The Morgan fingerprint density at radius 3 is 2.18 bits per heavy atom. The fourth-order valence-corrected chi connectivity index (χ4v) is 12.2. The molecule has 0 spiro atoms. The van der Waals surface area contributed by atoms with Crippen molar-refractivity contribution < 1.29 is 9.47 Å². The van der Waals surface area contributed by atoms with Gasteiger partial charge in [0.1, 0.15) is 0 Å². The average molecular weight is 471 g/mol. The van der Waals surface area contributed by atoms with Crippen LogP contribution >= 0.6 is 0 Å². The van der Waals surface area contributed by atoms with Crippen LogP contribution in [0.3, 0.4) is 0 Å². The monoisotopic (exact) mass is 470 g/mol. The lowest BCUT2D eigenvalue weighted by Gasteiger charge is -2.73. The van der Waals surface area contributed by atoms with Gasteiger partial charge < -0.3 is 9.47 Å². The Labute approximate surface area is 211 Å². The van der Waals surface area contributed by atoms with E-state index in [-0.39, 0.29) is 5.41 Å². The zero-order chi connectivity index (χ0) is 24.7. The largest absolute Gasteiger partial charge is 0.384 e. The van der Waals surface area contributed by atoms with Gasteiger partial charge >= 0.3 is 0 Å². The summed E-state index contributed by atoms with van der Waals surface area (Å²) in [6, 6.07) is 0. The highest BCUT2D eigenvalue weighted by molar-refractivity contribution is 5.21. The maximum absolute atomic E-state index is 6.06. The molecule has 34 heavy (non-hydrogen) atoms. The summed E-state index contributed by atoms with van der Waals surface area (Å²) >= 11 is 0. The first-order valence-electron chi connectivity index (χ1n) is 14.6. The van der Waals surface area contributed by atoms with Gasteiger partial charge in [-0.25, -0.2) is 0 Å². The van der Waals surface area contributed by atoms with E-state index in [1.54, 1.807) is 0 Å². The highest BCUT2D eigenvalue weighted by Crippen LogP contribution is 2.77. The lowest BCUT2D eigenvalue weighted by Crippen LogP contribution is -2.67. The van der Waals surface area contributed by atoms with Crippen molar-refractivity contribution in [1.29, 1.82) is 0 Å². The van der Waals surface area contributed by atoms with Crippen molar-refractivity contribution in [3.8, 4) is 0 Å². The molecule has 5 aliphatic carbocycles. The molecule has 0 saturated heterocycles. The minimum Gasteiger partial charge on any atom is -0.384 e. The molecule has 2 nitrogen and oxygen atoms in total. The highest BCUT2D eigenvalue weighted by atomic mass is 16.5. The molecule has 0 aliphatic heterocycles. The van der Waals surface area contributed by atoms with Crippen LogP contribution in [0, 0.1) is 56.7 Å². The first kappa shape index (κ1) is 25.3. The van der Waals surface area contributed by atoms with Gasteiger partial charge in [-0.2, -0.15) is 0 Å². The normalized spacial score (nSPS) is 53.9. The molecule has 0 amide bonds. The van der Waals surface area contributed by atoms with Crippen LogP contribution in [0.25, 0.3) is 0 Å². The summed E-state index contributed by atoms with van der Waals surface area (Å²) in [5.41, 5.74) is 3.44. The minimum absolute atomic E-state index is 0.275. The van der Waals surface area contributed by atoms with E-state index < -0.39 is 0 Å². The molecule has 10 atom stereocenters. The maximum Gasteiger partial charge on any atom is 0.0625 e. The van der Waals surface area contributed by atoms with Gasteiger partial charge in [0, 0.05) is 14.2 Å². The van der Waals surface area contributed by atoms with Gasteiger partial charge in [-0.1, -0.05) is 46.8 Å². The number of hydrogen-bond donors (Lipinski definition) is 0. The molecule has 194 valence electrons. The van der Waals surface area contributed by atoms with Crippen LogP contribution in [0.4, 0.5) is 0 Å². The lowest BCUT2D eigenvalue weighted by molar-refractivity contribution is -0.251. The van der Waals surface area contributed by atoms with Gasteiger partial charge in [-0.15, -0.1) is 0 Å². The molecule has 0 radical (unpaired) electrons. The molecule has 0 aromatic heterocycles. The third-order valence-electron chi connectivity index (χ3n) is 13.9. The smallest absolute Gasteiger partial charge is 0.0625 e. The Hall–Kier alpha value is -0.340. The van der Waals surface area contributed by atoms with Gasteiger partial charge in [-0.05, 0) is 128 Å². The number of fused-ring (bicyclic) bond motifs is 7. The number of rotatable bonds is 4. The third-order valence-corrected chi connectivity index (χ3v) is 13.9. The summed E-state index contributed by atoms with van der Waals surface area (Å²) < 4.78 is 12.0. The molecule has 5 saturated carbocycles. The SMILES string of the molecule is C=C(C)[C@@H]1CC[C@]2(COC)CC[C@]3(C)C(CCC4[C@@]5(C)CCC(OC)C(C)(C)C5CC[C@]43C)C12. The van der Waals surface area contributed by atoms with E-state index >= 15 is 0 Å². The predicted octanol–water partition coefficient (Wildman–Crippen LogP) is 8.31. The third kappa shape index (κ3) is 3.06. The number of methoxy groups -OCH3 is 2. The predicted molar refractivity (Wildman–Crippen MR) is 142 cm³/mol.